The van der Waals surface area contributed by atoms with E-state index in [0.717, 1.165) is 23.6 Å². The van der Waals surface area contributed by atoms with Crippen LogP contribution in [0.3, 0.4) is 0 Å². The zero-order valence-electron chi connectivity index (χ0n) is 11.9. The lowest BCUT2D eigenvalue weighted by Gasteiger charge is -2.10. The van der Waals surface area contributed by atoms with Crippen LogP contribution in [0.2, 0.25) is 0 Å². The average Bonchev–Trinajstić information content (AvgIpc) is 3.02. The highest BCUT2D eigenvalue weighted by Crippen LogP contribution is 2.48. The Hall–Kier alpha value is -2.33. The smallest absolute Gasteiger partial charge is 0.147 e. The van der Waals surface area contributed by atoms with E-state index in [1.807, 2.05) is 42.1 Å². The SMILES string of the molecule is c1ccc(Nc2ncnc3c2SC(c2ccccc2)C3)cc1. The van der Waals surface area contributed by atoms with Crippen molar-refractivity contribution in [3.8, 4) is 0 Å². The van der Waals surface area contributed by atoms with Crippen molar-refractivity contribution in [1.82, 2.24) is 9.97 Å². The number of rotatable bonds is 3. The van der Waals surface area contributed by atoms with Gasteiger partial charge in [0.15, 0.2) is 0 Å². The van der Waals surface area contributed by atoms with E-state index in [1.165, 1.54) is 10.5 Å². The maximum atomic E-state index is 4.47. The minimum Gasteiger partial charge on any atom is -0.339 e. The number of fused-ring (bicyclic) bond motifs is 1. The predicted octanol–water partition coefficient (Wildman–Crippen LogP) is 4.61. The van der Waals surface area contributed by atoms with Crippen LogP contribution >= 0.6 is 11.8 Å². The average molecular weight is 305 g/mol. The van der Waals surface area contributed by atoms with E-state index < -0.39 is 0 Å². The molecule has 108 valence electrons. The first-order valence-electron chi connectivity index (χ1n) is 7.28. The topological polar surface area (TPSA) is 37.8 Å². The van der Waals surface area contributed by atoms with Gasteiger partial charge in [0, 0.05) is 17.4 Å². The summed E-state index contributed by atoms with van der Waals surface area (Å²) in [5.41, 5.74) is 3.52. The Morgan fingerprint density at radius 3 is 2.41 bits per heavy atom. The maximum Gasteiger partial charge on any atom is 0.147 e. The third-order valence-corrected chi connectivity index (χ3v) is 5.11. The second-order valence-corrected chi connectivity index (χ2v) is 6.42. The molecule has 4 rings (SSSR count). The number of nitrogens with one attached hydrogen (secondary N) is 1. The van der Waals surface area contributed by atoms with Crippen molar-refractivity contribution >= 4 is 23.3 Å². The van der Waals surface area contributed by atoms with Crippen LogP contribution in [0.25, 0.3) is 0 Å². The summed E-state index contributed by atoms with van der Waals surface area (Å²) in [5, 5.41) is 3.82. The van der Waals surface area contributed by atoms with Gasteiger partial charge in [0.25, 0.3) is 0 Å². The van der Waals surface area contributed by atoms with Crippen molar-refractivity contribution in [2.45, 2.75) is 16.6 Å². The Bertz CT molecular complexity index is 775. The summed E-state index contributed by atoms with van der Waals surface area (Å²) in [6, 6.07) is 20.7. The van der Waals surface area contributed by atoms with Crippen LogP contribution in [0.15, 0.2) is 71.9 Å². The number of para-hydroxylation sites is 1. The van der Waals surface area contributed by atoms with Gasteiger partial charge in [0.05, 0.1) is 10.6 Å². The second kappa shape index (κ2) is 5.81. The normalized spacial score (nSPS) is 16.3. The summed E-state index contributed by atoms with van der Waals surface area (Å²) >= 11 is 1.85. The second-order valence-electron chi connectivity index (χ2n) is 5.21. The van der Waals surface area contributed by atoms with Crippen LogP contribution in [0.4, 0.5) is 11.5 Å². The summed E-state index contributed by atoms with van der Waals surface area (Å²) in [7, 11) is 0. The van der Waals surface area contributed by atoms with Gasteiger partial charge in [-0.25, -0.2) is 9.97 Å². The lowest BCUT2D eigenvalue weighted by atomic mass is 10.1. The van der Waals surface area contributed by atoms with E-state index in [4.69, 9.17) is 0 Å². The third-order valence-electron chi connectivity index (χ3n) is 3.72. The summed E-state index contributed by atoms with van der Waals surface area (Å²) in [4.78, 5) is 10.1. The molecule has 0 saturated carbocycles. The molecule has 1 aromatic heterocycles. The molecule has 0 aliphatic carbocycles. The zero-order chi connectivity index (χ0) is 14.8. The molecule has 1 aliphatic rings. The van der Waals surface area contributed by atoms with Gasteiger partial charge >= 0.3 is 0 Å². The molecule has 3 aromatic rings. The lowest BCUT2D eigenvalue weighted by Crippen LogP contribution is -1.98. The quantitative estimate of drug-likeness (QED) is 0.767. The predicted molar refractivity (Wildman–Crippen MR) is 90.5 cm³/mol. The van der Waals surface area contributed by atoms with E-state index in [1.54, 1.807) is 6.33 Å². The van der Waals surface area contributed by atoms with Gasteiger partial charge in [-0.15, -0.1) is 11.8 Å². The van der Waals surface area contributed by atoms with Gasteiger partial charge in [0.1, 0.15) is 12.1 Å². The van der Waals surface area contributed by atoms with Crippen LogP contribution in [0.1, 0.15) is 16.5 Å². The number of aromatic nitrogens is 2. The molecule has 0 spiro atoms. The highest BCUT2D eigenvalue weighted by molar-refractivity contribution is 8.00. The molecule has 4 heteroatoms. The molecular formula is C18H15N3S. The summed E-state index contributed by atoms with van der Waals surface area (Å²) < 4.78 is 0. The molecule has 1 atom stereocenters. The van der Waals surface area contributed by atoms with Gasteiger partial charge in [-0.2, -0.15) is 0 Å². The number of hydrogen-bond acceptors (Lipinski definition) is 4. The van der Waals surface area contributed by atoms with Crippen molar-refractivity contribution < 1.29 is 0 Å². The van der Waals surface area contributed by atoms with Crippen LogP contribution in [-0.2, 0) is 6.42 Å². The first-order chi connectivity index (χ1) is 10.9. The molecule has 1 aliphatic heterocycles. The van der Waals surface area contributed by atoms with Crippen LogP contribution in [-0.4, -0.2) is 9.97 Å². The summed E-state index contributed by atoms with van der Waals surface area (Å²) in [6.45, 7) is 0. The summed E-state index contributed by atoms with van der Waals surface area (Å²) in [5.74, 6) is 0.902. The van der Waals surface area contributed by atoms with Crippen molar-refractivity contribution in [3.05, 3.63) is 78.2 Å². The minimum absolute atomic E-state index is 0.421. The fraction of sp³-hybridized carbons (Fsp3) is 0.111. The highest BCUT2D eigenvalue weighted by Gasteiger charge is 2.27. The van der Waals surface area contributed by atoms with Gasteiger partial charge in [-0.3, -0.25) is 0 Å². The molecule has 22 heavy (non-hydrogen) atoms. The Morgan fingerprint density at radius 2 is 1.64 bits per heavy atom. The molecule has 3 nitrogen and oxygen atoms in total. The number of benzene rings is 2. The molecule has 2 heterocycles. The van der Waals surface area contributed by atoms with Crippen molar-refractivity contribution in [1.29, 1.82) is 0 Å². The summed E-state index contributed by atoms with van der Waals surface area (Å²) in [6.07, 6.45) is 2.61. The molecule has 0 radical (unpaired) electrons. The molecule has 0 bridgehead atoms. The van der Waals surface area contributed by atoms with Gasteiger partial charge in [-0.1, -0.05) is 48.5 Å². The Kier molecular flexibility index (Phi) is 3.52. The maximum absolute atomic E-state index is 4.47. The Labute approximate surface area is 133 Å². The van der Waals surface area contributed by atoms with Gasteiger partial charge in [0.2, 0.25) is 0 Å². The Morgan fingerprint density at radius 1 is 0.909 bits per heavy atom. The largest absolute Gasteiger partial charge is 0.339 e. The van der Waals surface area contributed by atoms with Crippen LogP contribution in [0, 0.1) is 0 Å². The molecule has 0 amide bonds. The van der Waals surface area contributed by atoms with Crippen molar-refractivity contribution in [2.75, 3.05) is 5.32 Å². The van der Waals surface area contributed by atoms with Crippen LogP contribution in [0.5, 0.6) is 0 Å². The fourth-order valence-corrected chi connectivity index (χ4v) is 3.95. The number of nitrogens with zero attached hydrogens (tertiary/aromatic N) is 2. The third kappa shape index (κ3) is 2.57. The van der Waals surface area contributed by atoms with Gasteiger partial charge in [-0.05, 0) is 17.7 Å². The molecule has 2 aromatic carbocycles. The standard InChI is InChI=1S/C18H15N3S/c1-3-7-13(8-4-1)16-11-15-17(22-16)18(20-12-19-15)21-14-9-5-2-6-10-14/h1-10,12,16H,11H2,(H,19,20,21). The number of anilines is 2. The molecular weight excluding hydrogens is 290 g/mol. The van der Waals surface area contributed by atoms with Crippen molar-refractivity contribution in [2.24, 2.45) is 0 Å². The van der Waals surface area contributed by atoms with E-state index >= 15 is 0 Å². The van der Waals surface area contributed by atoms with E-state index in [0.29, 0.717) is 5.25 Å². The first-order valence-corrected chi connectivity index (χ1v) is 8.15. The minimum atomic E-state index is 0.421. The first kappa shape index (κ1) is 13.3. The number of thioether (sulfide) groups is 1. The number of hydrogen-bond donors (Lipinski definition) is 1. The molecule has 1 N–H and O–H groups in total. The van der Waals surface area contributed by atoms with Crippen molar-refractivity contribution in [3.63, 3.8) is 0 Å². The van der Waals surface area contributed by atoms with E-state index in [2.05, 4.69) is 45.6 Å². The van der Waals surface area contributed by atoms with E-state index in [-0.39, 0.29) is 0 Å². The molecule has 0 fully saturated rings. The van der Waals surface area contributed by atoms with E-state index in [9.17, 15) is 0 Å². The molecule has 1 unspecified atom stereocenters. The zero-order valence-corrected chi connectivity index (χ0v) is 12.8. The van der Waals surface area contributed by atoms with Gasteiger partial charge < -0.3 is 5.32 Å². The Balaban J connectivity index is 1.63. The fourth-order valence-electron chi connectivity index (χ4n) is 2.64. The lowest BCUT2D eigenvalue weighted by molar-refractivity contribution is 0.889. The monoisotopic (exact) mass is 305 g/mol. The van der Waals surface area contributed by atoms with Crippen LogP contribution < -0.4 is 5.32 Å². The highest BCUT2D eigenvalue weighted by atomic mass is 32.2. The molecule has 0 saturated heterocycles.